The lowest BCUT2D eigenvalue weighted by atomic mass is 10.2. The molecule has 0 atom stereocenters. The van der Waals surface area contributed by atoms with Crippen LogP contribution in [0, 0.1) is 0 Å². The van der Waals surface area contributed by atoms with Gasteiger partial charge in [-0.2, -0.15) is 0 Å². The molecular formula is C12H15N3O2. The van der Waals surface area contributed by atoms with E-state index in [0.717, 1.165) is 22.4 Å². The molecule has 0 saturated heterocycles. The van der Waals surface area contributed by atoms with Crippen LogP contribution in [0.15, 0.2) is 18.2 Å². The molecule has 5 heteroatoms. The van der Waals surface area contributed by atoms with E-state index in [2.05, 4.69) is 9.97 Å². The fourth-order valence-corrected chi connectivity index (χ4v) is 1.76. The molecule has 0 aliphatic carbocycles. The van der Waals surface area contributed by atoms with Crippen molar-refractivity contribution in [2.24, 2.45) is 5.73 Å². The first-order chi connectivity index (χ1) is 8.19. The number of rotatable bonds is 5. The summed E-state index contributed by atoms with van der Waals surface area (Å²) in [7, 11) is 0. The highest BCUT2D eigenvalue weighted by Crippen LogP contribution is 2.14. The number of carboxylic acid groups (broad SMARTS) is 1. The maximum Gasteiger partial charge on any atom is 0.303 e. The van der Waals surface area contributed by atoms with E-state index < -0.39 is 5.97 Å². The predicted octanol–water partition coefficient (Wildman–Crippen LogP) is 1.43. The molecule has 4 N–H and O–H groups in total. The van der Waals surface area contributed by atoms with Gasteiger partial charge in [0.1, 0.15) is 5.82 Å². The molecule has 17 heavy (non-hydrogen) atoms. The molecule has 0 aliphatic heterocycles. The second-order valence-corrected chi connectivity index (χ2v) is 3.99. The number of H-pyrrole nitrogens is 1. The lowest BCUT2D eigenvalue weighted by molar-refractivity contribution is -0.137. The zero-order chi connectivity index (χ0) is 12.3. The van der Waals surface area contributed by atoms with Crippen LogP contribution in [0.4, 0.5) is 0 Å². The van der Waals surface area contributed by atoms with Crippen molar-refractivity contribution in [2.45, 2.75) is 25.8 Å². The number of nitrogens with two attached hydrogens (primary N) is 1. The van der Waals surface area contributed by atoms with Gasteiger partial charge in [0.2, 0.25) is 0 Å². The average Bonchev–Trinajstić information content (AvgIpc) is 2.69. The summed E-state index contributed by atoms with van der Waals surface area (Å²) in [5.41, 5.74) is 8.47. The van der Waals surface area contributed by atoms with Gasteiger partial charge in [0, 0.05) is 19.4 Å². The molecule has 0 unspecified atom stereocenters. The third-order valence-electron chi connectivity index (χ3n) is 2.64. The Kier molecular flexibility index (Phi) is 3.39. The number of nitrogens with one attached hydrogen (secondary N) is 1. The molecule has 0 fully saturated rings. The van der Waals surface area contributed by atoms with Gasteiger partial charge in [-0.3, -0.25) is 4.79 Å². The Bertz CT molecular complexity index is 534. The Morgan fingerprint density at radius 2 is 2.29 bits per heavy atom. The first-order valence-corrected chi connectivity index (χ1v) is 5.58. The van der Waals surface area contributed by atoms with E-state index in [9.17, 15) is 4.79 Å². The van der Waals surface area contributed by atoms with Gasteiger partial charge in [0.25, 0.3) is 0 Å². The summed E-state index contributed by atoms with van der Waals surface area (Å²) >= 11 is 0. The van der Waals surface area contributed by atoms with Crippen LogP contribution in [-0.4, -0.2) is 21.0 Å². The lowest BCUT2D eigenvalue weighted by Gasteiger charge is -1.94. The van der Waals surface area contributed by atoms with Gasteiger partial charge in [0.15, 0.2) is 0 Å². The number of carbonyl (C=O) groups is 1. The maximum absolute atomic E-state index is 10.4. The van der Waals surface area contributed by atoms with E-state index in [1.54, 1.807) is 0 Å². The SMILES string of the molecule is NCc1ccc2nc(CCCC(=O)O)[nH]c2c1. The molecule has 0 radical (unpaired) electrons. The number of aromatic amines is 1. The number of benzene rings is 1. The second kappa shape index (κ2) is 4.97. The van der Waals surface area contributed by atoms with Gasteiger partial charge in [-0.25, -0.2) is 4.98 Å². The van der Waals surface area contributed by atoms with Crippen molar-refractivity contribution in [1.82, 2.24) is 9.97 Å². The molecule has 0 saturated carbocycles. The number of hydrogen-bond acceptors (Lipinski definition) is 3. The first kappa shape index (κ1) is 11.6. The highest BCUT2D eigenvalue weighted by atomic mass is 16.4. The number of aliphatic carboxylic acids is 1. The number of aromatic nitrogens is 2. The minimum Gasteiger partial charge on any atom is -0.481 e. The molecule has 0 bridgehead atoms. The van der Waals surface area contributed by atoms with Crippen LogP contribution in [0.2, 0.25) is 0 Å². The van der Waals surface area contributed by atoms with Gasteiger partial charge >= 0.3 is 5.97 Å². The first-order valence-electron chi connectivity index (χ1n) is 5.58. The molecule has 1 aromatic carbocycles. The summed E-state index contributed by atoms with van der Waals surface area (Å²) in [5, 5.41) is 8.56. The molecule has 5 nitrogen and oxygen atoms in total. The molecule has 90 valence electrons. The highest BCUT2D eigenvalue weighted by Gasteiger charge is 2.04. The Hall–Kier alpha value is -1.88. The Labute approximate surface area is 98.7 Å². The highest BCUT2D eigenvalue weighted by molar-refractivity contribution is 5.75. The molecule has 1 heterocycles. The normalized spacial score (nSPS) is 10.9. The maximum atomic E-state index is 10.4. The van der Waals surface area contributed by atoms with Crippen LogP contribution in [0.5, 0.6) is 0 Å². The van der Waals surface area contributed by atoms with Crippen molar-refractivity contribution in [2.75, 3.05) is 0 Å². The minimum atomic E-state index is -0.772. The van der Waals surface area contributed by atoms with Crippen molar-refractivity contribution in [3.63, 3.8) is 0 Å². The zero-order valence-electron chi connectivity index (χ0n) is 9.44. The third kappa shape index (κ3) is 2.82. The summed E-state index contributed by atoms with van der Waals surface area (Å²) < 4.78 is 0. The van der Waals surface area contributed by atoms with Gasteiger partial charge in [0.05, 0.1) is 11.0 Å². The monoisotopic (exact) mass is 233 g/mol. The van der Waals surface area contributed by atoms with E-state index in [0.29, 0.717) is 19.4 Å². The summed E-state index contributed by atoms with van der Waals surface area (Å²) in [5.74, 6) is 0.0574. The van der Waals surface area contributed by atoms with Crippen LogP contribution in [0.25, 0.3) is 11.0 Å². The quantitative estimate of drug-likeness (QED) is 0.728. The fourth-order valence-electron chi connectivity index (χ4n) is 1.76. The van der Waals surface area contributed by atoms with Gasteiger partial charge in [-0.15, -0.1) is 0 Å². The predicted molar refractivity (Wildman–Crippen MR) is 64.6 cm³/mol. The standard InChI is InChI=1S/C12H15N3O2/c13-7-8-4-5-9-10(6-8)15-11(14-9)2-1-3-12(16)17/h4-6H,1-3,7,13H2,(H,14,15)(H,16,17). The summed E-state index contributed by atoms with van der Waals surface area (Å²) in [4.78, 5) is 18.0. The topological polar surface area (TPSA) is 92.0 Å². The molecule has 2 aromatic rings. The lowest BCUT2D eigenvalue weighted by Crippen LogP contribution is -1.96. The number of hydrogen-bond donors (Lipinski definition) is 3. The van der Waals surface area contributed by atoms with Crippen molar-refractivity contribution < 1.29 is 9.90 Å². The minimum absolute atomic E-state index is 0.172. The van der Waals surface area contributed by atoms with Crippen LogP contribution in [-0.2, 0) is 17.8 Å². The Morgan fingerprint density at radius 1 is 1.47 bits per heavy atom. The third-order valence-corrected chi connectivity index (χ3v) is 2.64. The van der Waals surface area contributed by atoms with E-state index >= 15 is 0 Å². The Morgan fingerprint density at radius 3 is 3.00 bits per heavy atom. The number of carboxylic acids is 1. The van der Waals surface area contributed by atoms with Crippen LogP contribution < -0.4 is 5.73 Å². The fraction of sp³-hybridized carbons (Fsp3) is 0.333. The second-order valence-electron chi connectivity index (χ2n) is 3.99. The largest absolute Gasteiger partial charge is 0.481 e. The summed E-state index contributed by atoms with van der Waals surface area (Å²) in [6.45, 7) is 0.503. The van der Waals surface area contributed by atoms with E-state index in [-0.39, 0.29) is 6.42 Å². The van der Waals surface area contributed by atoms with E-state index in [4.69, 9.17) is 10.8 Å². The summed E-state index contributed by atoms with van der Waals surface area (Å²) in [6.07, 6.45) is 1.42. The van der Waals surface area contributed by atoms with Crippen LogP contribution >= 0.6 is 0 Å². The molecule has 0 aliphatic rings. The Balaban J connectivity index is 2.11. The van der Waals surface area contributed by atoms with Crippen molar-refractivity contribution in [1.29, 1.82) is 0 Å². The van der Waals surface area contributed by atoms with Crippen molar-refractivity contribution >= 4 is 17.0 Å². The molecular weight excluding hydrogens is 218 g/mol. The molecule has 1 aromatic heterocycles. The smallest absolute Gasteiger partial charge is 0.303 e. The molecule has 0 amide bonds. The molecule has 2 rings (SSSR count). The summed E-state index contributed by atoms with van der Waals surface area (Å²) in [6, 6.07) is 5.85. The van der Waals surface area contributed by atoms with Crippen molar-refractivity contribution in [3.8, 4) is 0 Å². The van der Waals surface area contributed by atoms with Crippen molar-refractivity contribution in [3.05, 3.63) is 29.6 Å². The van der Waals surface area contributed by atoms with E-state index in [1.165, 1.54) is 0 Å². The van der Waals surface area contributed by atoms with Gasteiger partial charge in [-0.1, -0.05) is 6.07 Å². The van der Waals surface area contributed by atoms with Crippen LogP contribution in [0.3, 0.4) is 0 Å². The average molecular weight is 233 g/mol. The molecule has 0 spiro atoms. The number of nitrogens with zero attached hydrogens (tertiary/aromatic N) is 1. The van der Waals surface area contributed by atoms with E-state index in [1.807, 2.05) is 18.2 Å². The zero-order valence-corrected chi connectivity index (χ0v) is 9.44. The van der Waals surface area contributed by atoms with Crippen LogP contribution in [0.1, 0.15) is 24.2 Å². The number of fused-ring (bicyclic) bond motifs is 1. The van der Waals surface area contributed by atoms with Gasteiger partial charge in [-0.05, 0) is 24.1 Å². The number of imidazole rings is 1. The number of aryl methyl sites for hydroxylation is 1. The van der Waals surface area contributed by atoms with Gasteiger partial charge < -0.3 is 15.8 Å².